The molecule has 0 radical (unpaired) electrons. The molecule has 0 bridgehead atoms. The Bertz CT molecular complexity index is 288. The Labute approximate surface area is 90.0 Å². The standard InChI is InChI=1S/C10H19N3O2/c1-4-8(11)7(3)10-12-9(13-15-10)6-14-5-2/h7-8H,4-6,11H2,1-3H3. The van der Waals surface area contributed by atoms with Crippen molar-refractivity contribution in [2.45, 2.75) is 45.8 Å². The van der Waals surface area contributed by atoms with Crippen LogP contribution >= 0.6 is 0 Å². The Balaban J connectivity index is 2.58. The largest absolute Gasteiger partial charge is 0.374 e. The smallest absolute Gasteiger partial charge is 0.231 e. The molecule has 0 aliphatic heterocycles. The Morgan fingerprint density at radius 1 is 1.47 bits per heavy atom. The van der Waals surface area contributed by atoms with Crippen LogP contribution in [0.3, 0.4) is 0 Å². The van der Waals surface area contributed by atoms with Crippen molar-refractivity contribution in [1.29, 1.82) is 0 Å². The molecule has 2 N–H and O–H groups in total. The van der Waals surface area contributed by atoms with E-state index in [-0.39, 0.29) is 12.0 Å². The van der Waals surface area contributed by atoms with Gasteiger partial charge in [-0.1, -0.05) is 19.0 Å². The fourth-order valence-electron chi connectivity index (χ4n) is 1.24. The number of ether oxygens (including phenoxy) is 1. The van der Waals surface area contributed by atoms with E-state index in [9.17, 15) is 0 Å². The summed E-state index contributed by atoms with van der Waals surface area (Å²) in [5.74, 6) is 1.28. The molecule has 1 heterocycles. The first-order valence-electron chi connectivity index (χ1n) is 5.34. The molecule has 1 aromatic heterocycles. The Hall–Kier alpha value is -0.940. The number of rotatable bonds is 6. The molecule has 86 valence electrons. The highest BCUT2D eigenvalue weighted by Crippen LogP contribution is 2.17. The molecule has 0 aromatic carbocycles. The normalized spacial score (nSPS) is 15.2. The molecule has 15 heavy (non-hydrogen) atoms. The number of aromatic nitrogens is 2. The summed E-state index contributed by atoms with van der Waals surface area (Å²) in [6, 6.07) is 0.0605. The molecular formula is C10H19N3O2. The second-order valence-corrected chi connectivity index (χ2v) is 3.55. The van der Waals surface area contributed by atoms with Gasteiger partial charge in [0.1, 0.15) is 6.61 Å². The van der Waals surface area contributed by atoms with E-state index in [1.165, 1.54) is 0 Å². The lowest BCUT2D eigenvalue weighted by atomic mass is 10.0. The topological polar surface area (TPSA) is 74.2 Å². The van der Waals surface area contributed by atoms with E-state index in [1.807, 2.05) is 20.8 Å². The summed E-state index contributed by atoms with van der Waals surface area (Å²) < 4.78 is 10.3. The second kappa shape index (κ2) is 5.82. The van der Waals surface area contributed by atoms with Crippen molar-refractivity contribution in [3.05, 3.63) is 11.7 Å². The quantitative estimate of drug-likeness (QED) is 0.774. The van der Waals surface area contributed by atoms with Crippen LogP contribution in [0.4, 0.5) is 0 Å². The van der Waals surface area contributed by atoms with Gasteiger partial charge in [-0.15, -0.1) is 0 Å². The minimum Gasteiger partial charge on any atom is -0.374 e. The lowest BCUT2D eigenvalue weighted by Gasteiger charge is -2.13. The van der Waals surface area contributed by atoms with Gasteiger partial charge in [0.15, 0.2) is 5.82 Å². The molecule has 5 nitrogen and oxygen atoms in total. The summed E-state index contributed by atoms with van der Waals surface area (Å²) in [6.45, 7) is 7.00. The van der Waals surface area contributed by atoms with Gasteiger partial charge < -0.3 is 15.0 Å². The minimum absolute atomic E-state index is 0.0605. The number of hydrogen-bond donors (Lipinski definition) is 1. The van der Waals surface area contributed by atoms with Crippen LogP contribution in [0, 0.1) is 0 Å². The highest BCUT2D eigenvalue weighted by molar-refractivity contribution is 4.95. The van der Waals surface area contributed by atoms with Gasteiger partial charge in [-0.25, -0.2) is 0 Å². The fraction of sp³-hybridized carbons (Fsp3) is 0.800. The van der Waals surface area contributed by atoms with E-state index in [0.717, 1.165) is 6.42 Å². The van der Waals surface area contributed by atoms with Crippen LogP contribution in [0.2, 0.25) is 0 Å². The van der Waals surface area contributed by atoms with E-state index in [0.29, 0.717) is 24.9 Å². The molecule has 0 spiro atoms. The van der Waals surface area contributed by atoms with Crippen molar-refractivity contribution in [1.82, 2.24) is 10.1 Å². The van der Waals surface area contributed by atoms with Crippen molar-refractivity contribution in [3.8, 4) is 0 Å². The van der Waals surface area contributed by atoms with E-state index >= 15 is 0 Å². The Morgan fingerprint density at radius 2 is 2.20 bits per heavy atom. The monoisotopic (exact) mass is 213 g/mol. The van der Waals surface area contributed by atoms with Gasteiger partial charge in [0.25, 0.3) is 0 Å². The van der Waals surface area contributed by atoms with Crippen molar-refractivity contribution in [2.24, 2.45) is 5.73 Å². The van der Waals surface area contributed by atoms with Crippen LogP contribution in [0.15, 0.2) is 4.52 Å². The molecule has 0 aliphatic carbocycles. The highest BCUT2D eigenvalue weighted by Gasteiger charge is 2.19. The van der Waals surface area contributed by atoms with Gasteiger partial charge in [-0.2, -0.15) is 4.98 Å². The number of hydrogen-bond acceptors (Lipinski definition) is 5. The maximum atomic E-state index is 5.90. The summed E-state index contributed by atoms with van der Waals surface area (Å²) in [6.07, 6.45) is 0.893. The van der Waals surface area contributed by atoms with Crippen LogP contribution in [-0.4, -0.2) is 22.8 Å². The second-order valence-electron chi connectivity index (χ2n) is 3.55. The molecule has 2 unspecified atom stereocenters. The molecule has 0 fully saturated rings. The van der Waals surface area contributed by atoms with Crippen LogP contribution in [-0.2, 0) is 11.3 Å². The molecular weight excluding hydrogens is 194 g/mol. The third-order valence-electron chi connectivity index (χ3n) is 2.42. The average Bonchev–Trinajstić information content (AvgIpc) is 2.72. The molecule has 0 saturated carbocycles. The van der Waals surface area contributed by atoms with E-state index in [4.69, 9.17) is 15.0 Å². The first kappa shape index (κ1) is 12.1. The van der Waals surface area contributed by atoms with Gasteiger partial charge in [-0.05, 0) is 13.3 Å². The van der Waals surface area contributed by atoms with Gasteiger partial charge in [0, 0.05) is 12.6 Å². The molecule has 0 saturated heterocycles. The van der Waals surface area contributed by atoms with Gasteiger partial charge in [0.05, 0.1) is 5.92 Å². The highest BCUT2D eigenvalue weighted by atomic mass is 16.5. The summed E-state index contributed by atoms with van der Waals surface area (Å²) >= 11 is 0. The Morgan fingerprint density at radius 3 is 2.80 bits per heavy atom. The molecule has 0 aliphatic rings. The first-order chi connectivity index (χ1) is 7.19. The molecule has 1 aromatic rings. The summed E-state index contributed by atoms with van der Waals surface area (Å²) in [5.41, 5.74) is 5.90. The third-order valence-corrected chi connectivity index (χ3v) is 2.42. The predicted molar refractivity (Wildman–Crippen MR) is 56.3 cm³/mol. The molecule has 1 rings (SSSR count). The zero-order valence-electron chi connectivity index (χ0n) is 9.56. The number of nitrogens with two attached hydrogens (primary N) is 1. The summed E-state index contributed by atoms with van der Waals surface area (Å²) in [5, 5.41) is 3.82. The zero-order chi connectivity index (χ0) is 11.3. The van der Waals surface area contributed by atoms with E-state index in [2.05, 4.69) is 10.1 Å². The summed E-state index contributed by atoms with van der Waals surface area (Å²) in [4.78, 5) is 4.23. The fourth-order valence-corrected chi connectivity index (χ4v) is 1.24. The lowest BCUT2D eigenvalue weighted by Crippen LogP contribution is -2.25. The van der Waals surface area contributed by atoms with Gasteiger partial charge in [-0.3, -0.25) is 0 Å². The van der Waals surface area contributed by atoms with Crippen LogP contribution in [0.5, 0.6) is 0 Å². The molecule has 0 amide bonds. The van der Waals surface area contributed by atoms with Crippen LogP contribution in [0.25, 0.3) is 0 Å². The summed E-state index contributed by atoms with van der Waals surface area (Å²) in [7, 11) is 0. The first-order valence-corrected chi connectivity index (χ1v) is 5.34. The Kier molecular flexibility index (Phi) is 4.71. The van der Waals surface area contributed by atoms with Crippen molar-refractivity contribution in [2.75, 3.05) is 6.61 Å². The average molecular weight is 213 g/mol. The maximum absolute atomic E-state index is 5.90. The minimum atomic E-state index is 0.0605. The van der Waals surface area contributed by atoms with Crippen molar-refractivity contribution >= 4 is 0 Å². The van der Waals surface area contributed by atoms with E-state index < -0.39 is 0 Å². The van der Waals surface area contributed by atoms with Crippen molar-refractivity contribution in [3.63, 3.8) is 0 Å². The zero-order valence-corrected chi connectivity index (χ0v) is 9.56. The third kappa shape index (κ3) is 3.28. The van der Waals surface area contributed by atoms with Gasteiger partial charge in [0.2, 0.25) is 5.89 Å². The van der Waals surface area contributed by atoms with Gasteiger partial charge >= 0.3 is 0 Å². The van der Waals surface area contributed by atoms with Crippen LogP contribution in [0.1, 0.15) is 44.8 Å². The van der Waals surface area contributed by atoms with Crippen molar-refractivity contribution < 1.29 is 9.26 Å². The SMILES string of the molecule is CCOCc1noc(C(C)C(N)CC)n1. The maximum Gasteiger partial charge on any atom is 0.231 e. The van der Waals surface area contributed by atoms with E-state index in [1.54, 1.807) is 0 Å². The predicted octanol–water partition coefficient (Wildman–Crippen LogP) is 1.45. The molecule has 2 atom stereocenters. The van der Waals surface area contributed by atoms with Crippen LogP contribution < -0.4 is 5.73 Å². The lowest BCUT2D eigenvalue weighted by molar-refractivity contribution is 0.126. The number of nitrogens with zero attached hydrogens (tertiary/aromatic N) is 2. The molecule has 5 heteroatoms.